The number of para-hydroxylation sites is 1. The zero-order valence-electron chi connectivity index (χ0n) is 20.6. The number of pyridine rings is 1. The van der Waals surface area contributed by atoms with Crippen LogP contribution in [0.25, 0.3) is 22.6 Å². The maximum Gasteiger partial charge on any atom is 0.339 e. The number of methoxy groups -OCH3 is 1. The van der Waals surface area contributed by atoms with Crippen molar-refractivity contribution >= 4 is 46.2 Å². The normalized spacial score (nSPS) is 13.4. The van der Waals surface area contributed by atoms with Gasteiger partial charge < -0.3 is 24.4 Å². The van der Waals surface area contributed by atoms with Gasteiger partial charge in [0.2, 0.25) is 0 Å². The molecule has 192 valence electrons. The van der Waals surface area contributed by atoms with E-state index >= 15 is 0 Å². The van der Waals surface area contributed by atoms with Crippen LogP contribution in [-0.2, 0) is 20.7 Å². The van der Waals surface area contributed by atoms with Crippen LogP contribution in [0.15, 0.2) is 53.1 Å². The number of esters is 2. The van der Waals surface area contributed by atoms with E-state index in [0.29, 0.717) is 51.9 Å². The van der Waals surface area contributed by atoms with Gasteiger partial charge in [-0.25, -0.2) is 14.6 Å². The molecule has 0 aliphatic heterocycles. The van der Waals surface area contributed by atoms with Crippen molar-refractivity contribution in [3.63, 3.8) is 0 Å². The lowest BCUT2D eigenvalue weighted by atomic mass is 10.00. The molecular weight excluding hydrogens is 490 g/mol. The van der Waals surface area contributed by atoms with E-state index < -0.39 is 24.5 Å². The van der Waals surface area contributed by atoms with Gasteiger partial charge in [-0.15, -0.1) is 0 Å². The molecule has 1 aliphatic carbocycles. The van der Waals surface area contributed by atoms with E-state index in [1.165, 1.54) is 19.2 Å². The number of ether oxygens (including phenoxy) is 2. The minimum Gasteiger partial charge on any atom is -0.508 e. The fourth-order valence-corrected chi connectivity index (χ4v) is 4.46. The Morgan fingerprint density at radius 3 is 2.68 bits per heavy atom. The minimum atomic E-state index is -0.646. The number of allylic oxidation sites excluding steroid dienone is 1. The predicted octanol–water partition coefficient (Wildman–Crippen LogP) is 4.31. The lowest BCUT2D eigenvalue weighted by molar-refractivity contribution is -0.119. The molecule has 1 amide bonds. The number of phenols is 1. The molecule has 0 saturated carbocycles. The van der Waals surface area contributed by atoms with Crippen LogP contribution in [0.2, 0.25) is 0 Å². The molecule has 2 aromatic heterocycles. The quantitative estimate of drug-likeness (QED) is 0.361. The first kappa shape index (κ1) is 24.7. The SMILES string of the molecule is COC(=O)c1cc(O)ccc1/C=C1\CCc2c1nc1ccccc1c2C(=O)OCC(=O)Nc1cc(C)on1. The zero-order chi connectivity index (χ0) is 26.8. The Balaban J connectivity index is 1.48. The molecular formula is C28H23N3O7. The maximum atomic E-state index is 13.3. The van der Waals surface area contributed by atoms with Gasteiger partial charge in [0, 0.05) is 11.5 Å². The number of aryl methyl sites for hydroxylation is 1. The second kappa shape index (κ2) is 10.2. The first-order valence-electron chi connectivity index (χ1n) is 11.8. The summed E-state index contributed by atoms with van der Waals surface area (Å²) in [7, 11) is 1.27. The van der Waals surface area contributed by atoms with Gasteiger partial charge in [-0.3, -0.25) is 4.79 Å². The lowest BCUT2D eigenvalue weighted by Gasteiger charge is -2.12. The summed E-state index contributed by atoms with van der Waals surface area (Å²) < 4.78 is 15.2. The number of aromatic nitrogens is 2. The number of nitrogens with zero attached hydrogens (tertiary/aromatic N) is 2. The number of amides is 1. The van der Waals surface area contributed by atoms with Crippen LogP contribution in [0, 0.1) is 6.92 Å². The van der Waals surface area contributed by atoms with E-state index in [2.05, 4.69) is 10.5 Å². The summed E-state index contributed by atoms with van der Waals surface area (Å²) in [6.45, 7) is 1.19. The Hall–Kier alpha value is -4.99. The van der Waals surface area contributed by atoms with Crippen LogP contribution in [-0.4, -0.2) is 46.8 Å². The number of anilines is 1. The van der Waals surface area contributed by atoms with Crippen LogP contribution in [0.4, 0.5) is 5.82 Å². The number of carbonyl (C=O) groups excluding carboxylic acids is 3. The Morgan fingerprint density at radius 2 is 1.92 bits per heavy atom. The third kappa shape index (κ3) is 4.83. The van der Waals surface area contributed by atoms with Crippen molar-refractivity contribution in [2.75, 3.05) is 19.0 Å². The van der Waals surface area contributed by atoms with Gasteiger partial charge in [-0.2, -0.15) is 0 Å². The molecule has 2 N–H and O–H groups in total. The zero-order valence-corrected chi connectivity index (χ0v) is 20.6. The van der Waals surface area contributed by atoms with Crippen molar-refractivity contribution in [3.05, 3.63) is 82.2 Å². The molecule has 0 atom stereocenters. The Kier molecular flexibility index (Phi) is 6.61. The van der Waals surface area contributed by atoms with Crippen molar-refractivity contribution in [1.29, 1.82) is 0 Å². The summed E-state index contributed by atoms with van der Waals surface area (Å²) in [5.41, 5.74) is 3.83. The highest BCUT2D eigenvalue weighted by Crippen LogP contribution is 2.38. The molecule has 0 spiro atoms. The Labute approximate surface area is 216 Å². The van der Waals surface area contributed by atoms with Crippen LogP contribution in [0.1, 0.15) is 49.7 Å². The summed E-state index contributed by atoms with van der Waals surface area (Å²) >= 11 is 0. The second-order valence-corrected chi connectivity index (χ2v) is 8.71. The molecule has 5 rings (SSSR count). The summed E-state index contributed by atoms with van der Waals surface area (Å²) in [4.78, 5) is 42.7. The van der Waals surface area contributed by atoms with Crippen molar-refractivity contribution < 1.29 is 33.5 Å². The first-order valence-corrected chi connectivity index (χ1v) is 11.8. The van der Waals surface area contributed by atoms with Gasteiger partial charge in [-0.05, 0) is 60.7 Å². The van der Waals surface area contributed by atoms with E-state index in [1.54, 1.807) is 37.3 Å². The minimum absolute atomic E-state index is 0.0590. The number of fused-ring (bicyclic) bond motifs is 2. The molecule has 0 unspecified atom stereocenters. The number of carbonyl (C=O) groups is 3. The summed E-state index contributed by atoms with van der Waals surface area (Å²) in [5, 5.41) is 16.7. The molecule has 0 saturated heterocycles. The van der Waals surface area contributed by atoms with Gasteiger partial charge in [-0.1, -0.05) is 29.4 Å². The lowest BCUT2D eigenvalue weighted by Crippen LogP contribution is -2.22. The number of hydrogen-bond acceptors (Lipinski definition) is 9. The highest BCUT2D eigenvalue weighted by Gasteiger charge is 2.28. The molecule has 0 fully saturated rings. The fraction of sp³-hybridized carbons (Fsp3) is 0.179. The van der Waals surface area contributed by atoms with Crippen molar-refractivity contribution in [2.45, 2.75) is 19.8 Å². The van der Waals surface area contributed by atoms with E-state index in [4.69, 9.17) is 19.0 Å². The molecule has 38 heavy (non-hydrogen) atoms. The predicted molar refractivity (Wildman–Crippen MR) is 138 cm³/mol. The number of benzene rings is 2. The summed E-state index contributed by atoms with van der Waals surface area (Å²) in [5.74, 6) is -1.07. The largest absolute Gasteiger partial charge is 0.508 e. The van der Waals surface area contributed by atoms with Crippen LogP contribution >= 0.6 is 0 Å². The third-order valence-corrected chi connectivity index (χ3v) is 6.15. The maximum absolute atomic E-state index is 13.3. The van der Waals surface area contributed by atoms with Gasteiger partial charge in [0.05, 0.1) is 29.4 Å². The molecule has 2 heterocycles. The van der Waals surface area contributed by atoms with E-state index in [-0.39, 0.29) is 17.1 Å². The molecule has 4 aromatic rings. The topological polar surface area (TPSA) is 141 Å². The highest BCUT2D eigenvalue weighted by molar-refractivity contribution is 6.08. The number of rotatable bonds is 6. The van der Waals surface area contributed by atoms with E-state index in [1.807, 2.05) is 12.1 Å². The van der Waals surface area contributed by atoms with Crippen LogP contribution < -0.4 is 5.32 Å². The number of hydrogen-bond donors (Lipinski definition) is 2. The fourth-order valence-electron chi connectivity index (χ4n) is 4.46. The van der Waals surface area contributed by atoms with E-state index in [9.17, 15) is 19.5 Å². The first-order chi connectivity index (χ1) is 18.3. The third-order valence-electron chi connectivity index (χ3n) is 6.15. The molecule has 2 aromatic carbocycles. The van der Waals surface area contributed by atoms with Gasteiger partial charge in [0.25, 0.3) is 5.91 Å². The van der Waals surface area contributed by atoms with Crippen LogP contribution in [0.3, 0.4) is 0 Å². The van der Waals surface area contributed by atoms with Crippen molar-refractivity contribution in [1.82, 2.24) is 10.1 Å². The molecule has 10 nitrogen and oxygen atoms in total. The number of phenolic OH excluding ortho intramolecular Hbond substituents is 1. The van der Waals surface area contributed by atoms with Crippen molar-refractivity contribution in [2.24, 2.45) is 0 Å². The Bertz CT molecular complexity index is 1620. The average Bonchev–Trinajstić information content (AvgIpc) is 3.51. The number of nitrogens with one attached hydrogen (secondary N) is 1. The summed E-state index contributed by atoms with van der Waals surface area (Å²) in [6, 6.07) is 13.2. The van der Waals surface area contributed by atoms with Crippen molar-refractivity contribution in [3.8, 4) is 5.75 Å². The highest BCUT2D eigenvalue weighted by atomic mass is 16.5. The molecule has 1 aliphatic rings. The van der Waals surface area contributed by atoms with E-state index in [0.717, 1.165) is 5.57 Å². The Morgan fingerprint density at radius 1 is 1.11 bits per heavy atom. The second-order valence-electron chi connectivity index (χ2n) is 8.71. The smallest absolute Gasteiger partial charge is 0.339 e. The molecule has 0 bridgehead atoms. The average molecular weight is 514 g/mol. The van der Waals surface area contributed by atoms with Gasteiger partial charge >= 0.3 is 11.9 Å². The molecule has 10 heteroatoms. The molecule has 0 radical (unpaired) electrons. The monoisotopic (exact) mass is 513 g/mol. The van der Waals surface area contributed by atoms with Gasteiger partial charge in [0.1, 0.15) is 11.5 Å². The number of aromatic hydroxyl groups is 1. The van der Waals surface area contributed by atoms with Crippen LogP contribution in [0.5, 0.6) is 5.75 Å². The van der Waals surface area contributed by atoms with Gasteiger partial charge in [0.15, 0.2) is 12.4 Å². The summed E-state index contributed by atoms with van der Waals surface area (Å²) in [6.07, 6.45) is 2.88. The standard InChI is InChI=1S/C28H23N3O7/c1-15-11-23(31-38-15)30-24(33)14-37-28(35)25-19-5-3-4-6-22(19)29-26-17(8-10-20(25)26)12-16-7-9-18(32)13-21(16)27(34)36-2/h3-7,9,11-13,32H,8,10,14H2,1-2H3,(H,30,31,33)/b17-12+.